The van der Waals surface area contributed by atoms with Crippen molar-refractivity contribution in [2.45, 2.75) is 19.0 Å². The number of nitrogens with one attached hydrogen (secondary N) is 1. The Balaban J connectivity index is 1.61. The van der Waals surface area contributed by atoms with E-state index in [-0.39, 0.29) is 11.6 Å². The summed E-state index contributed by atoms with van der Waals surface area (Å²) >= 11 is 0. The number of methoxy groups -OCH3 is 1. The first-order valence-corrected chi connectivity index (χ1v) is 8.32. The molecule has 1 heterocycles. The predicted octanol–water partition coefficient (Wildman–Crippen LogP) is 2.86. The molecule has 0 spiro atoms. The Morgan fingerprint density at radius 1 is 1.19 bits per heavy atom. The minimum Gasteiger partial charge on any atom is -0.496 e. The first kappa shape index (κ1) is 17.7. The summed E-state index contributed by atoms with van der Waals surface area (Å²) in [6, 6.07) is 16.9. The van der Waals surface area contributed by atoms with Crippen LogP contribution in [0, 0.1) is 0 Å². The highest BCUT2D eigenvalue weighted by Crippen LogP contribution is 2.18. The molecule has 134 valence electrons. The summed E-state index contributed by atoms with van der Waals surface area (Å²) in [5.41, 5.74) is 8.31. The van der Waals surface area contributed by atoms with Crippen molar-refractivity contribution in [3.05, 3.63) is 83.6 Å². The summed E-state index contributed by atoms with van der Waals surface area (Å²) in [7, 11) is 1.60. The van der Waals surface area contributed by atoms with Gasteiger partial charge in [-0.25, -0.2) is 4.98 Å². The van der Waals surface area contributed by atoms with Gasteiger partial charge in [0.1, 0.15) is 12.0 Å². The van der Waals surface area contributed by atoms with E-state index in [4.69, 9.17) is 14.9 Å². The maximum absolute atomic E-state index is 12.3. The van der Waals surface area contributed by atoms with Crippen LogP contribution in [0.4, 0.5) is 0 Å². The van der Waals surface area contributed by atoms with E-state index in [0.717, 1.165) is 16.9 Å². The van der Waals surface area contributed by atoms with Gasteiger partial charge in [-0.2, -0.15) is 0 Å². The highest BCUT2D eigenvalue weighted by Gasteiger charge is 2.17. The summed E-state index contributed by atoms with van der Waals surface area (Å²) < 4.78 is 10.7. The predicted molar refractivity (Wildman–Crippen MR) is 97.7 cm³/mol. The highest BCUT2D eigenvalue weighted by atomic mass is 16.5. The molecule has 1 amide bonds. The molecule has 0 saturated heterocycles. The van der Waals surface area contributed by atoms with E-state index in [1.54, 1.807) is 7.11 Å². The number of hydrogen-bond donors (Lipinski definition) is 2. The molecule has 3 rings (SSSR count). The molecule has 0 radical (unpaired) electrons. The Kier molecular flexibility index (Phi) is 5.66. The van der Waals surface area contributed by atoms with Crippen molar-refractivity contribution in [1.29, 1.82) is 0 Å². The molecule has 0 aliphatic heterocycles. The SMILES string of the molecule is COc1ccccc1CNC(=O)c1coc(C(N)Cc2ccccc2)n1. The summed E-state index contributed by atoms with van der Waals surface area (Å²) in [5, 5.41) is 2.81. The molecular weight excluding hydrogens is 330 g/mol. The average Bonchev–Trinajstić information content (AvgIpc) is 3.17. The molecule has 26 heavy (non-hydrogen) atoms. The van der Waals surface area contributed by atoms with Crippen LogP contribution in [-0.2, 0) is 13.0 Å². The summed E-state index contributed by atoms with van der Waals surface area (Å²) in [5.74, 6) is 0.743. The minimum atomic E-state index is -0.409. The number of benzene rings is 2. The lowest BCUT2D eigenvalue weighted by atomic mass is 10.1. The standard InChI is InChI=1S/C20H21N3O3/c1-25-18-10-6-5-9-15(18)12-22-19(24)17-13-26-20(23-17)16(21)11-14-7-3-2-4-8-14/h2-10,13,16H,11-12,21H2,1H3,(H,22,24). The number of carbonyl (C=O) groups excluding carboxylic acids is 1. The lowest BCUT2D eigenvalue weighted by Crippen LogP contribution is -2.23. The second-order valence-corrected chi connectivity index (χ2v) is 5.86. The fourth-order valence-electron chi connectivity index (χ4n) is 2.63. The molecule has 1 aromatic heterocycles. The molecule has 1 atom stereocenters. The molecule has 0 aliphatic carbocycles. The van der Waals surface area contributed by atoms with Crippen LogP contribution in [0.15, 0.2) is 65.3 Å². The van der Waals surface area contributed by atoms with Crippen molar-refractivity contribution >= 4 is 5.91 Å². The van der Waals surface area contributed by atoms with Gasteiger partial charge in [-0.05, 0) is 18.1 Å². The second-order valence-electron chi connectivity index (χ2n) is 5.86. The quantitative estimate of drug-likeness (QED) is 0.683. The van der Waals surface area contributed by atoms with Crippen LogP contribution in [0.2, 0.25) is 0 Å². The lowest BCUT2D eigenvalue weighted by molar-refractivity contribution is 0.0945. The normalized spacial score (nSPS) is 11.8. The number of nitrogens with two attached hydrogens (primary N) is 1. The monoisotopic (exact) mass is 351 g/mol. The largest absolute Gasteiger partial charge is 0.496 e. The number of oxazole rings is 1. The van der Waals surface area contributed by atoms with Crippen LogP contribution in [0.5, 0.6) is 5.75 Å². The highest BCUT2D eigenvalue weighted by molar-refractivity contribution is 5.91. The Morgan fingerprint density at radius 3 is 2.69 bits per heavy atom. The van der Waals surface area contributed by atoms with E-state index in [1.165, 1.54) is 6.26 Å². The fraction of sp³-hybridized carbons (Fsp3) is 0.200. The van der Waals surface area contributed by atoms with E-state index in [2.05, 4.69) is 10.3 Å². The van der Waals surface area contributed by atoms with Gasteiger partial charge in [-0.3, -0.25) is 4.79 Å². The first-order valence-electron chi connectivity index (χ1n) is 8.32. The molecule has 6 nitrogen and oxygen atoms in total. The zero-order valence-electron chi connectivity index (χ0n) is 14.5. The number of carbonyl (C=O) groups is 1. The van der Waals surface area contributed by atoms with Crippen LogP contribution in [0.25, 0.3) is 0 Å². The molecule has 2 aromatic carbocycles. The Labute approximate surface area is 152 Å². The van der Waals surface area contributed by atoms with Crippen LogP contribution in [0.3, 0.4) is 0 Å². The molecular formula is C20H21N3O3. The van der Waals surface area contributed by atoms with Gasteiger partial charge in [0.15, 0.2) is 5.69 Å². The smallest absolute Gasteiger partial charge is 0.273 e. The maximum atomic E-state index is 12.3. The molecule has 0 bridgehead atoms. The number of nitrogens with zero attached hydrogens (tertiary/aromatic N) is 1. The van der Waals surface area contributed by atoms with Crippen molar-refractivity contribution in [1.82, 2.24) is 10.3 Å². The van der Waals surface area contributed by atoms with Gasteiger partial charge in [0.2, 0.25) is 5.89 Å². The van der Waals surface area contributed by atoms with Crippen molar-refractivity contribution in [3.8, 4) is 5.75 Å². The van der Waals surface area contributed by atoms with Crippen LogP contribution >= 0.6 is 0 Å². The van der Waals surface area contributed by atoms with Crippen molar-refractivity contribution in [3.63, 3.8) is 0 Å². The van der Waals surface area contributed by atoms with E-state index in [0.29, 0.717) is 18.9 Å². The molecule has 0 saturated carbocycles. The summed E-state index contributed by atoms with van der Waals surface area (Å²) in [4.78, 5) is 16.5. The zero-order chi connectivity index (χ0) is 18.4. The third-order valence-corrected chi connectivity index (χ3v) is 4.00. The van der Waals surface area contributed by atoms with Crippen molar-refractivity contribution in [2.75, 3.05) is 7.11 Å². The number of hydrogen-bond acceptors (Lipinski definition) is 5. The zero-order valence-corrected chi connectivity index (χ0v) is 14.5. The van der Waals surface area contributed by atoms with Gasteiger partial charge >= 0.3 is 0 Å². The third kappa shape index (κ3) is 4.29. The van der Waals surface area contributed by atoms with Gasteiger partial charge in [0.05, 0.1) is 13.2 Å². The fourth-order valence-corrected chi connectivity index (χ4v) is 2.63. The molecule has 3 N–H and O–H groups in total. The van der Waals surface area contributed by atoms with Crippen LogP contribution < -0.4 is 15.8 Å². The molecule has 6 heteroatoms. The molecule has 3 aromatic rings. The number of amides is 1. The number of aromatic nitrogens is 1. The van der Waals surface area contributed by atoms with E-state index < -0.39 is 6.04 Å². The maximum Gasteiger partial charge on any atom is 0.273 e. The van der Waals surface area contributed by atoms with Crippen LogP contribution in [0.1, 0.15) is 33.5 Å². The van der Waals surface area contributed by atoms with Crippen LogP contribution in [-0.4, -0.2) is 18.0 Å². The van der Waals surface area contributed by atoms with E-state index >= 15 is 0 Å². The van der Waals surface area contributed by atoms with E-state index in [1.807, 2.05) is 54.6 Å². The number of para-hydroxylation sites is 1. The number of rotatable bonds is 7. The van der Waals surface area contributed by atoms with Gasteiger partial charge in [-0.1, -0.05) is 48.5 Å². The second kappa shape index (κ2) is 8.31. The Bertz CT molecular complexity index is 862. The number of ether oxygens (including phenoxy) is 1. The lowest BCUT2D eigenvalue weighted by Gasteiger charge is -2.08. The van der Waals surface area contributed by atoms with Gasteiger partial charge in [0, 0.05) is 12.1 Å². The Morgan fingerprint density at radius 2 is 1.92 bits per heavy atom. The minimum absolute atomic E-state index is 0.207. The van der Waals surface area contributed by atoms with Gasteiger partial charge < -0.3 is 20.2 Å². The molecule has 1 unspecified atom stereocenters. The topological polar surface area (TPSA) is 90.4 Å². The molecule has 0 fully saturated rings. The third-order valence-electron chi connectivity index (χ3n) is 4.00. The Hall–Kier alpha value is -3.12. The summed E-state index contributed by atoms with van der Waals surface area (Å²) in [6.07, 6.45) is 1.92. The summed E-state index contributed by atoms with van der Waals surface area (Å²) in [6.45, 7) is 0.334. The van der Waals surface area contributed by atoms with Gasteiger partial charge in [-0.15, -0.1) is 0 Å². The molecule has 0 aliphatic rings. The van der Waals surface area contributed by atoms with Crippen molar-refractivity contribution in [2.24, 2.45) is 5.73 Å². The van der Waals surface area contributed by atoms with Crippen molar-refractivity contribution < 1.29 is 13.9 Å². The van der Waals surface area contributed by atoms with E-state index in [9.17, 15) is 4.79 Å². The average molecular weight is 351 g/mol. The van der Waals surface area contributed by atoms with Gasteiger partial charge in [0.25, 0.3) is 5.91 Å². The first-order chi connectivity index (χ1) is 12.7.